The van der Waals surface area contributed by atoms with Crippen molar-refractivity contribution in [2.45, 2.75) is 40.7 Å². The molecule has 1 N–H and O–H groups in total. The molecule has 0 aliphatic heterocycles. The normalized spacial score (nSPS) is 12.2. The Hall–Kier alpha value is -2.89. The highest BCUT2D eigenvalue weighted by Crippen LogP contribution is 2.17. The molecule has 0 saturated carbocycles. The van der Waals surface area contributed by atoms with Crippen LogP contribution in [-0.4, -0.2) is 28.3 Å². The van der Waals surface area contributed by atoms with Gasteiger partial charge in [0.25, 0.3) is 5.91 Å². The molecule has 1 aromatic carbocycles. The van der Waals surface area contributed by atoms with Crippen LogP contribution in [0.15, 0.2) is 24.3 Å². The second-order valence-corrected chi connectivity index (χ2v) is 6.78. The molecule has 6 nitrogen and oxygen atoms in total. The fraction of sp³-hybridized carbons (Fsp3) is 0.381. The summed E-state index contributed by atoms with van der Waals surface area (Å²) in [4.78, 5) is 23.9. The number of hydrogen-bond acceptors (Lipinski definition) is 4. The topological polar surface area (TPSA) is 73.2 Å². The van der Waals surface area contributed by atoms with Crippen molar-refractivity contribution in [3.05, 3.63) is 57.9 Å². The summed E-state index contributed by atoms with van der Waals surface area (Å²) in [5, 5.41) is 7.12. The van der Waals surface area contributed by atoms with E-state index in [1.165, 1.54) is 17.2 Å². The Bertz CT molecular complexity index is 881. The molecule has 27 heavy (non-hydrogen) atoms. The van der Waals surface area contributed by atoms with Gasteiger partial charge in [0.2, 0.25) is 0 Å². The van der Waals surface area contributed by atoms with Crippen LogP contribution in [0.1, 0.15) is 46.6 Å². The highest BCUT2D eigenvalue weighted by molar-refractivity contribution is 5.89. The van der Waals surface area contributed by atoms with E-state index in [1.807, 2.05) is 59.9 Å². The van der Waals surface area contributed by atoms with Gasteiger partial charge in [0.05, 0.1) is 11.7 Å². The molecule has 144 valence electrons. The predicted molar refractivity (Wildman–Crippen MR) is 105 cm³/mol. The Morgan fingerprint density at radius 1 is 1.22 bits per heavy atom. The van der Waals surface area contributed by atoms with E-state index >= 15 is 0 Å². The molecule has 1 atom stereocenters. The van der Waals surface area contributed by atoms with Gasteiger partial charge in [-0.05, 0) is 57.4 Å². The maximum atomic E-state index is 12.0. The van der Waals surface area contributed by atoms with Crippen molar-refractivity contribution in [1.82, 2.24) is 15.1 Å². The number of amides is 1. The van der Waals surface area contributed by atoms with Gasteiger partial charge in [-0.25, -0.2) is 4.79 Å². The van der Waals surface area contributed by atoms with Crippen LogP contribution in [0.25, 0.3) is 6.08 Å². The Balaban J connectivity index is 1.86. The Morgan fingerprint density at radius 2 is 1.93 bits per heavy atom. The first-order chi connectivity index (χ1) is 12.7. The zero-order chi connectivity index (χ0) is 20.1. The number of esters is 1. The number of carbonyl (C=O) groups excluding carboxylic acids is 2. The second kappa shape index (κ2) is 8.66. The van der Waals surface area contributed by atoms with Crippen LogP contribution < -0.4 is 5.32 Å². The first kappa shape index (κ1) is 20.4. The minimum Gasteiger partial charge on any atom is -0.452 e. The minimum atomic E-state index is -0.563. The highest BCUT2D eigenvalue weighted by Gasteiger charge is 2.12. The van der Waals surface area contributed by atoms with Crippen LogP contribution in [0.4, 0.5) is 0 Å². The second-order valence-electron chi connectivity index (χ2n) is 6.78. The summed E-state index contributed by atoms with van der Waals surface area (Å²) >= 11 is 0. The summed E-state index contributed by atoms with van der Waals surface area (Å²) in [7, 11) is 1.85. The molecule has 0 aliphatic rings. The van der Waals surface area contributed by atoms with Crippen molar-refractivity contribution in [3.8, 4) is 0 Å². The van der Waals surface area contributed by atoms with Crippen LogP contribution in [0, 0.1) is 27.7 Å². The van der Waals surface area contributed by atoms with Crippen molar-refractivity contribution in [1.29, 1.82) is 0 Å². The maximum absolute atomic E-state index is 12.0. The van der Waals surface area contributed by atoms with Gasteiger partial charge in [0.15, 0.2) is 6.61 Å². The average molecular weight is 369 g/mol. The molecule has 0 fully saturated rings. The third-order valence-electron chi connectivity index (χ3n) is 4.71. The molecule has 0 radical (unpaired) electrons. The number of carbonyl (C=O) groups is 2. The summed E-state index contributed by atoms with van der Waals surface area (Å²) in [6.07, 6.45) is 2.98. The molecule has 0 bridgehead atoms. The molecule has 2 aromatic rings. The van der Waals surface area contributed by atoms with E-state index in [0.29, 0.717) is 0 Å². The van der Waals surface area contributed by atoms with Gasteiger partial charge in [-0.2, -0.15) is 5.10 Å². The van der Waals surface area contributed by atoms with E-state index in [1.54, 1.807) is 10.8 Å². The summed E-state index contributed by atoms with van der Waals surface area (Å²) in [5.41, 5.74) is 6.06. The van der Waals surface area contributed by atoms with E-state index in [-0.39, 0.29) is 18.6 Å². The molecule has 6 heteroatoms. The van der Waals surface area contributed by atoms with Crippen molar-refractivity contribution < 1.29 is 14.3 Å². The summed E-state index contributed by atoms with van der Waals surface area (Å²) in [5.74, 6) is -0.900. The maximum Gasteiger partial charge on any atom is 0.331 e. The van der Waals surface area contributed by atoms with E-state index in [4.69, 9.17) is 4.74 Å². The largest absolute Gasteiger partial charge is 0.452 e. The molecule has 0 unspecified atom stereocenters. The van der Waals surface area contributed by atoms with E-state index < -0.39 is 5.97 Å². The molecular weight excluding hydrogens is 342 g/mol. The number of aromatic nitrogens is 2. The van der Waals surface area contributed by atoms with E-state index in [2.05, 4.69) is 10.4 Å². The number of rotatable bonds is 6. The third kappa shape index (κ3) is 5.29. The quantitative estimate of drug-likeness (QED) is 0.627. The van der Waals surface area contributed by atoms with Crippen LogP contribution >= 0.6 is 0 Å². The van der Waals surface area contributed by atoms with Crippen LogP contribution in [-0.2, 0) is 21.4 Å². The van der Waals surface area contributed by atoms with Crippen LogP contribution in [0.5, 0.6) is 0 Å². The average Bonchev–Trinajstić information content (AvgIpc) is 2.85. The fourth-order valence-electron chi connectivity index (χ4n) is 2.77. The smallest absolute Gasteiger partial charge is 0.331 e. The van der Waals surface area contributed by atoms with Crippen molar-refractivity contribution >= 4 is 18.0 Å². The predicted octanol–water partition coefficient (Wildman–Crippen LogP) is 3.09. The number of ether oxygens (including phenoxy) is 1. The minimum absolute atomic E-state index is 0.160. The van der Waals surface area contributed by atoms with Gasteiger partial charge in [-0.3, -0.25) is 9.48 Å². The van der Waals surface area contributed by atoms with Gasteiger partial charge in [-0.1, -0.05) is 18.2 Å². The van der Waals surface area contributed by atoms with Crippen molar-refractivity contribution in [2.24, 2.45) is 7.05 Å². The molecule has 0 aliphatic carbocycles. The lowest BCUT2D eigenvalue weighted by Crippen LogP contribution is -2.31. The molecule has 1 aromatic heterocycles. The molecule has 0 saturated heterocycles. The number of hydrogen-bond donors (Lipinski definition) is 1. The number of aryl methyl sites for hydroxylation is 4. The zero-order valence-electron chi connectivity index (χ0n) is 16.8. The lowest BCUT2D eigenvalue weighted by molar-refractivity contribution is -0.144. The number of benzene rings is 1. The van der Waals surface area contributed by atoms with Crippen LogP contribution in [0.3, 0.4) is 0 Å². The third-order valence-corrected chi connectivity index (χ3v) is 4.71. The van der Waals surface area contributed by atoms with Gasteiger partial charge in [0, 0.05) is 24.4 Å². The first-order valence-corrected chi connectivity index (χ1v) is 8.90. The summed E-state index contributed by atoms with van der Waals surface area (Å²) in [6.45, 7) is 9.46. The fourth-order valence-corrected chi connectivity index (χ4v) is 2.77. The van der Waals surface area contributed by atoms with E-state index in [0.717, 1.165) is 22.5 Å². The highest BCUT2D eigenvalue weighted by atomic mass is 16.5. The van der Waals surface area contributed by atoms with Gasteiger partial charge in [-0.15, -0.1) is 0 Å². The Kier molecular flexibility index (Phi) is 6.55. The van der Waals surface area contributed by atoms with Crippen molar-refractivity contribution in [2.75, 3.05) is 6.61 Å². The molecule has 1 heterocycles. The monoisotopic (exact) mass is 369 g/mol. The molecular formula is C21H27N3O3. The molecule has 2 rings (SSSR count). The van der Waals surface area contributed by atoms with Gasteiger partial charge in [0.1, 0.15) is 0 Å². The zero-order valence-corrected chi connectivity index (χ0v) is 16.8. The lowest BCUT2D eigenvalue weighted by atomic mass is 10.0. The van der Waals surface area contributed by atoms with Gasteiger partial charge >= 0.3 is 5.97 Å². The molecule has 0 spiro atoms. The van der Waals surface area contributed by atoms with Gasteiger partial charge < -0.3 is 10.1 Å². The first-order valence-electron chi connectivity index (χ1n) is 8.90. The van der Waals surface area contributed by atoms with Crippen LogP contribution in [0.2, 0.25) is 0 Å². The Morgan fingerprint density at radius 3 is 2.52 bits per heavy atom. The summed E-state index contributed by atoms with van der Waals surface area (Å²) < 4.78 is 6.78. The number of nitrogens with zero attached hydrogens (tertiary/aromatic N) is 2. The SMILES string of the molecule is Cc1ccc([C@@H](C)NC(=O)COC(=O)/C=C/c2c(C)nn(C)c2C)cc1C. The lowest BCUT2D eigenvalue weighted by Gasteiger charge is -2.15. The Labute approximate surface area is 160 Å². The number of nitrogens with one attached hydrogen (secondary N) is 1. The molecule has 1 amide bonds. The van der Waals surface area contributed by atoms with E-state index in [9.17, 15) is 9.59 Å². The van der Waals surface area contributed by atoms with Crippen molar-refractivity contribution in [3.63, 3.8) is 0 Å². The summed E-state index contributed by atoms with van der Waals surface area (Å²) in [6, 6.07) is 5.90. The standard InChI is InChI=1S/C21H27N3O3/c1-13-7-8-18(11-14(13)2)15(3)22-20(25)12-27-21(26)10-9-19-16(4)23-24(6)17(19)5/h7-11,15H,12H2,1-6H3,(H,22,25)/b10-9+/t15-/m1/s1.